The fraction of sp³-hybridized carbons (Fsp3) is 0.471. The van der Waals surface area contributed by atoms with Gasteiger partial charge in [0.05, 0.1) is 0 Å². The van der Waals surface area contributed by atoms with Gasteiger partial charge < -0.3 is 0 Å². The minimum Gasteiger partial charge on any atom is -0.261 e. The molecule has 0 aromatic heterocycles. The molecule has 1 aromatic carbocycles. The summed E-state index contributed by atoms with van der Waals surface area (Å²) in [5, 5.41) is 0. The minimum absolute atomic E-state index is 0.0196. The van der Waals surface area contributed by atoms with Gasteiger partial charge in [-0.3, -0.25) is 4.99 Å². The van der Waals surface area contributed by atoms with E-state index in [-0.39, 0.29) is 11.6 Å². The predicted molar refractivity (Wildman–Crippen MR) is 79.6 cm³/mol. The molecule has 2 rings (SSSR count). The fourth-order valence-electron chi connectivity index (χ4n) is 3.16. The molecule has 0 N–H and O–H groups in total. The van der Waals surface area contributed by atoms with E-state index in [1.54, 1.807) is 6.07 Å². The Bertz CT molecular complexity index is 502. The molecule has 0 radical (unpaired) electrons. The molecule has 0 aliphatic heterocycles. The number of halogens is 2. The third kappa shape index (κ3) is 2.82. The monoisotopic (exact) mass is 277 g/mol. The first kappa shape index (κ1) is 14.9. The van der Waals surface area contributed by atoms with Gasteiger partial charge in [0, 0.05) is 0 Å². The van der Waals surface area contributed by atoms with Crippen LogP contribution in [0.5, 0.6) is 0 Å². The largest absolute Gasteiger partial charge is 0.261 e. The summed E-state index contributed by atoms with van der Waals surface area (Å²) in [5.74, 6) is -0.651. The maximum absolute atomic E-state index is 14.1. The number of benzene rings is 1. The van der Waals surface area contributed by atoms with Crippen molar-refractivity contribution < 1.29 is 8.78 Å². The van der Waals surface area contributed by atoms with E-state index in [0.717, 1.165) is 25.7 Å². The molecule has 20 heavy (non-hydrogen) atoms. The summed E-state index contributed by atoms with van der Waals surface area (Å²) in [7, 11) is 0. The zero-order valence-corrected chi connectivity index (χ0v) is 11.9. The van der Waals surface area contributed by atoms with E-state index in [0.29, 0.717) is 17.4 Å². The molecule has 1 atom stereocenters. The second-order valence-corrected chi connectivity index (χ2v) is 5.66. The van der Waals surface area contributed by atoms with Crippen molar-refractivity contribution in [1.82, 2.24) is 0 Å². The highest BCUT2D eigenvalue weighted by molar-refractivity contribution is 5.48. The maximum atomic E-state index is 14.1. The third-order valence-corrected chi connectivity index (χ3v) is 4.61. The Morgan fingerprint density at radius 2 is 1.85 bits per heavy atom. The van der Waals surface area contributed by atoms with Gasteiger partial charge in [0.1, 0.15) is 5.69 Å². The van der Waals surface area contributed by atoms with Crippen LogP contribution in [0.1, 0.15) is 44.1 Å². The van der Waals surface area contributed by atoms with E-state index in [1.807, 2.05) is 13.0 Å². The molecule has 1 nitrogen and oxygen atoms in total. The Balaban J connectivity index is 2.17. The van der Waals surface area contributed by atoms with Crippen LogP contribution in [0.25, 0.3) is 0 Å². The average molecular weight is 277 g/mol. The maximum Gasteiger partial charge on any atom is 0.184 e. The van der Waals surface area contributed by atoms with Crippen molar-refractivity contribution in [3.8, 4) is 0 Å². The van der Waals surface area contributed by atoms with E-state index in [9.17, 15) is 8.78 Å². The highest BCUT2D eigenvalue weighted by Gasteiger charge is 2.27. The minimum atomic E-state index is -0.885. The van der Waals surface area contributed by atoms with Crippen LogP contribution in [0.3, 0.4) is 0 Å². The average Bonchev–Trinajstić information content (AvgIpc) is 2.49. The van der Waals surface area contributed by atoms with Gasteiger partial charge in [0.2, 0.25) is 0 Å². The summed E-state index contributed by atoms with van der Waals surface area (Å²) in [6, 6.07) is 3.15. The van der Waals surface area contributed by atoms with Crippen molar-refractivity contribution in [2.75, 3.05) is 0 Å². The predicted octanol–water partition coefficient (Wildman–Crippen LogP) is 5.39. The molecule has 1 aromatic rings. The molecular weight excluding hydrogens is 256 g/mol. The van der Waals surface area contributed by atoms with Gasteiger partial charge in [-0.05, 0) is 61.8 Å². The van der Waals surface area contributed by atoms with Crippen molar-refractivity contribution in [3.05, 3.63) is 42.0 Å². The van der Waals surface area contributed by atoms with Crippen LogP contribution in [0.15, 0.2) is 29.8 Å². The van der Waals surface area contributed by atoms with Crippen molar-refractivity contribution in [2.24, 2.45) is 16.8 Å². The lowest BCUT2D eigenvalue weighted by molar-refractivity contribution is 0.274. The first-order valence-corrected chi connectivity index (χ1v) is 7.15. The molecule has 0 amide bonds. The Kier molecular flexibility index (Phi) is 4.69. The second kappa shape index (κ2) is 6.29. The molecule has 0 bridgehead atoms. The van der Waals surface area contributed by atoms with Crippen LogP contribution in [0, 0.1) is 23.5 Å². The van der Waals surface area contributed by atoms with E-state index >= 15 is 0 Å². The Hall–Kier alpha value is -1.51. The van der Waals surface area contributed by atoms with Crippen molar-refractivity contribution >= 4 is 12.4 Å². The van der Waals surface area contributed by atoms with Gasteiger partial charge in [-0.1, -0.05) is 19.1 Å². The number of aliphatic imine (C=N–C) groups is 1. The van der Waals surface area contributed by atoms with Crippen LogP contribution in [0.2, 0.25) is 0 Å². The number of hydrogen-bond donors (Lipinski definition) is 0. The smallest absolute Gasteiger partial charge is 0.184 e. The van der Waals surface area contributed by atoms with Crippen LogP contribution in [0.4, 0.5) is 14.5 Å². The van der Waals surface area contributed by atoms with E-state index < -0.39 is 11.6 Å². The molecule has 3 heteroatoms. The summed E-state index contributed by atoms with van der Waals surface area (Å²) in [6.45, 7) is 9.06. The number of allylic oxidation sites excluding steroid dienone is 1. The number of hydrogen-bond acceptors (Lipinski definition) is 1. The zero-order valence-electron chi connectivity index (χ0n) is 11.9. The van der Waals surface area contributed by atoms with E-state index in [4.69, 9.17) is 0 Å². The van der Waals surface area contributed by atoms with Crippen molar-refractivity contribution in [3.63, 3.8) is 0 Å². The second-order valence-electron chi connectivity index (χ2n) is 5.66. The summed E-state index contributed by atoms with van der Waals surface area (Å²) < 4.78 is 27.9. The lowest BCUT2D eigenvalue weighted by Crippen LogP contribution is -2.19. The Labute approximate surface area is 119 Å². The normalized spacial score (nSPS) is 24.1. The van der Waals surface area contributed by atoms with Crippen molar-refractivity contribution in [1.29, 1.82) is 0 Å². The van der Waals surface area contributed by atoms with E-state index in [1.165, 1.54) is 6.07 Å². The van der Waals surface area contributed by atoms with Gasteiger partial charge in [-0.25, -0.2) is 8.78 Å². The first-order chi connectivity index (χ1) is 9.58. The number of rotatable bonds is 4. The fourth-order valence-corrected chi connectivity index (χ4v) is 3.16. The molecular formula is C17H21F2N. The molecule has 0 spiro atoms. The van der Waals surface area contributed by atoms with Crippen LogP contribution in [-0.4, -0.2) is 6.72 Å². The molecule has 0 heterocycles. The summed E-state index contributed by atoms with van der Waals surface area (Å²) in [4.78, 5) is 3.49. The van der Waals surface area contributed by atoms with Gasteiger partial charge in [0.15, 0.2) is 11.6 Å². The standard InChI is InChI=1S/C17H21F2N/c1-4-12-5-7-13(8-6-12)11(2)14-9-10-15(20-3)17(19)16(14)18/h4,9-13H,1,3,5-8H2,2H3. The number of nitrogens with zero attached hydrogens (tertiary/aromatic N) is 1. The van der Waals surface area contributed by atoms with Crippen LogP contribution < -0.4 is 0 Å². The van der Waals surface area contributed by atoms with Gasteiger partial charge >= 0.3 is 0 Å². The molecule has 1 saturated carbocycles. The topological polar surface area (TPSA) is 12.4 Å². The lowest BCUT2D eigenvalue weighted by Gasteiger charge is -2.31. The summed E-state index contributed by atoms with van der Waals surface area (Å²) in [6.07, 6.45) is 6.27. The van der Waals surface area contributed by atoms with Gasteiger partial charge in [0.25, 0.3) is 0 Å². The SMILES string of the molecule is C=CC1CCC(C(C)c2ccc(N=C)c(F)c2F)CC1. The molecule has 108 valence electrons. The highest BCUT2D eigenvalue weighted by Crippen LogP contribution is 2.40. The zero-order chi connectivity index (χ0) is 14.7. The Morgan fingerprint density at radius 1 is 1.20 bits per heavy atom. The van der Waals surface area contributed by atoms with Crippen LogP contribution in [-0.2, 0) is 0 Å². The molecule has 0 saturated heterocycles. The summed E-state index contributed by atoms with van der Waals surface area (Å²) in [5.41, 5.74) is 0.436. The lowest BCUT2D eigenvalue weighted by atomic mass is 9.74. The van der Waals surface area contributed by atoms with Crippen LogP contribution >= 0.6 is 0 Å². The Morgan fingerprint density at radius 3 is 2.40 bits per heavy atom. The molecule has 1 aliphatic rings. The van der Waals surface area contributed by atoms with Gasteiger partial charge in [-0.2, -0.15) is 0 Å². The quantitative estimate of drug-likeness (QED) is 0.516. The third-order valence-electron chi connectivity index (χ3n) is 4.61. The van der Waals surface area contributed by atoms with E-state index in [2.05, 4.69) is 18.3 Å². The molecule has 1 aliphatic carbocycles. The summed E-state index contributed by atoms with van der Waals surface area (Å²) >= 11 is 0. The molecule has 1 unspecified atom stereocenters. The van der Waals surface area contributed by atoms with Gasteiger partial charge in [-0.15, -0.1) is 6.58 Å². The first-order valence-electron chi connectivity index (χ1n) is 7.15. The highest BCUT2D eigenvalue weighted by atomic mass is 19.2. The van der Waals surface area contributed by atoms with Crippen molar-refractivity contribution in [2.45, 2.75) is 38.5 Å². The molecule has 1 fully saturated rings.